The van der Waals surface area contributed by atoms with Gasteiger partial charge in [0.05, 0.1) is 18.9 Å². The molecule has 0 aliphatic carbocycles. The van der Waals surface area contributed by atoms with E-state index in [9.17, 15) is 0 Å². The molecule has 0 saturated carbocycles. The molecule has 1 aliphatic heterocycles. The number of rotatable bonds is 4. The van der Waals surface area contributed by atoms with Crippen molar-refractivity contribution in [2.75, 3.05) is 37.3 Å². The highest BCUT2D eigenvalue weighted by Gasteiger charge is 2.19. The summed E-state index contributed by atoms with van der Waals surface area (Å²) in [5, 5.41) is 8.04. The molecule has 1 fully saturated rings. The van der Waals surface area contributed by atoms with E-state index < -0.39 is 0 Å². The summed E-state index contributed by atoms with van der Waals surface area (Å²) in [5.41, 5.74) is 0. The Morgan fingerprint density at radius 2 is 2.00 bits per heavy atom. The van der Waals surface area contributed by atoms with Crippen LogP contribution in [0.4, 0.5) is 5.82 Å². The number of aryl methyl sites for hydroxylation is 1. The van der Waals surface area contributed by atoms with Gasteiger partial charge in [0.25, 0.3) is 0 Å². The van der Waals surface area contributed by atoms with E-state index in [0.29, 0.717) is 0 Å². The van der Waals surface area contributed by atoms with Crippen LogP contribution in [0.1, 0.15) is 11.6 Å². The third-order valence-electron chi connectivity index (χ3n) is 3.51. The summed E-state index contributed by atoms with van der Waals surface area (Å²) < 4.78 is 0. The van der Waals surface area contributed by atoms with Crippen molar-refractivity contribution in [3.8, 4) is 0 Å². The molecule has 3 heterocycles. The number of nitrogens with zero attached hydrogens (tertiary/aromatic N) is 6. The molecule has 112 valence electrons. The number of thioether (sulfide) groups is 1. The zero-order chi connectivity index (χ0) is 14.7. The van der Waals surface area contributed by atoms with E-state index in [4.69, 9.17) is 0 Å². The van der Waals surface area contributed by atoms with Crippen LogP contribution in [0.15, 0.2) is 17.4 Å². The Morgan fingerprint density at radius 1 is 1.19 bits per heavy atom. The number of piperazine rings is 1. The lowest BCUT2D eigenvalue weighted by Crippen LogP contribution is -2.46. The normalized spacial score (nSPS) is 16.4. The number of aromatic amines is 1. The first-order valence-electron chi connectivity index (χ1n) is 6.96. The van der Waals surface area contributed by atoms with Crippen molar-refractivity contribution in [1.29, 1.82) is 0 Å². The Kier molecular flexibility index (Phi) is 4.35. The Labute approximate surface area is 128 Å². The van der Waals surface area contributed by atoms with Gasteiger partial charge < -0.3 is 4.90 Å². The molecule has 0 bridgehead atoms. The Bertz CT molecular complexity index is 592. The third-order valence-corrected chi connectivity index (χ3v) is 4.13. The van der Waals surface area contributed by atoms with Crippen LogP contribution in [-0.4, -0.2) is 62.5 Å². The molecule has 0 aromatic carbocycles. The quantitative estimate of drug-likeness (QED) is 0.843. The maximum atomic E-state index is 4.61. The van der Waals surface area contributed by atoms with Crippen LogP contribution >= 0.6 is 11.8 Å². The molecule has 2 aromatic heterocycles. The molecule has 0 radical (unpaired) electrons. The number of anilines is 1. The van der Waals surface area contributed by atoms with Gasteiger partial charge in [-0.05, 0) is 13.2 Å². The Hall–Kier alpha value is -1.67. The summed E-state index contributed by atoms with van der Waals surface area (Å²) in [6, 6.07) is 0. The van der Waals surface area contributed by atoms with Crippen LogP contribution in [0, 0.1) is 6.92 Å². The van der Waals surface area contributed by atoms with Gasteiger partial charge in [0.2, 0.25) is 0 Å². The van der Waals surface area contributed by atoms with E-state index >= 15 is 0 Å². The summed E-state index contributed by atoms with van der Waals surface area (Å²) in [6.07, 6.45) is 5.66. The van der Waals surface area contributed by atoms with Gasteiger partial charge in [-0.25, -0.2) is 9.97 Å². The first-order valence-corrected chi connectivity index (χ1v) is 8.18. The van der Waals surface area contributed by atoms with Crippen molar-refractivity contribution >= 4 is 17.6 Å². The standard InChI is InChI=1S/C13H19N7S/c1-10-15-11(18-17-10)9-19-3-5-20(6-4-19)12-7-14-8-13(16-12)21-2/h7-8H,3-6,9H2,1-2H3,(H,15,17,18). The second kappa shape index (κ2) is 6.40. The zero-order valence-corrected chi connectivity index (χ0v) is 13.1. The number of nitrogens with one attached hydrogen (secondary N) is 1. The van der Waals surface area contributed by atoms with Crippen LogP contribution in [0.5, 0.6) is 0 Å². The molecule has 7 nitrogen and oxygen atoms in total. The first kappa shape index (κ1) is 14.3. The molecule has 21 heavy (non-hydrogen) atoms. The molecule has 0 unspecified atom stereocenters. The van der Waals surface area contributed by atoms with E-state index in [1.807, 2.05) is 19.4 Å². The molecule has 0 spiro atoms. The molecule has 8 heteroatoms. The lowest BCUT2D eigenvalue weighted by atomic mass is 10.3. The van der Waals surface area contributed by atoms with Gasteiger partial charge in [0, 0.05) is 26.2 Å². The summed E-state index contributed by atoms with van der Waals surface area (Å²) in [6.45, 7) is 6.60. The summed E-state index contributed by atoms with van der Waals surface area (Å²) in [4.78, 5) is 17.9. The minimum atomic E-state index is 0.800. The van der Waals surface area contributed by atoms with Crippen LogP contribution in [-0.2, 0) is 6.54 Å². The number of hydrogen-bond donors (Lipinski definition) is 1. The van der Waals surface area contributed by atoms with Crippen LogP contribution in [0.2, 0.25) is 0 Å². The number of aromatic nitrogens is 5. The van der Waals surface area contributed by atoms with Gasteiger partial charge in [-0.3, -0.25) is 15.0 Å². The van der Waals surface area contributed by atoms with Crippen LogP contribution in [0.3, 0.4) is 0 Å². The van der Waals surface area contributed by atoms with Gasteiger partial charge >= 0.3 is 0 Å². The molecule has 3 rings (SSSR count). The van der Waals surface area contributed by atoms with Gasteiger partial charge in [-0.1, -0.05) is 0 Å². The maximum absolute atomic E-state index is 4.61. The van der Waals surface area contributed by atoms with Gasteiger partial charge in [0.15, 0.2) is 5.82 Å². The topological polar surface area (TPSA) is 73.8 Å². The van der Waals surface area contributed by atoms with Crippen LogP contribution < -0.4 is 4.90 Å². The van der Waals surface area contributed by atoms with Crippen LogP contribution in [0.25, 0.3) is 0 Å². The Morgan fingerprint density at radius 3 is 2.67 bits per heavy atom. The Balaban J connectivity index is 1.57. The molecule has 1 N–H and O–H groups in total. The minimum absolute atomic E-state index is 0.800. The molecule has 1 aliphatic rings. The fourth-order valence-electron chi connectivity index (χ4n) is 2.38. The van der Waals surface area contributed by atoms with E-state index in [1.54, 1.807) is 18.0 Å². The highest BCUT2D eigenvalue weighted by molar-refractivity contribution is 7.98. The molecule has 0 atom stereocenters. The van der Waals surface area contributed by atoms with Crippen molar-refractivity contribution in [2.45, 2.75) is 18.5 Å². The minimum Gasteiger partial charge on any atom is -0.353 e. The largest absolute Gasteiger partial charge is 0.353 e. The molecule has 0 amide bonds. The van der Waals surface area contributed by atoms with Crippen molar-refractivity contribution in [2.24, 2.45) is 0 Å². The smallest absolute Gasteiger partial charge is 0.164 e. The lowest BCUT2D eigenvalue weighted by Gasteiger charge is -2.34. The SMILES string of the molecule is CSc1cncc(N2CCN(Cc3n[nH]c(C)n3)CC2)n1. The summed E-state index contributed by atoms with van der Waals surface area (Å²) in [5.74, 6) is 2.70. The lowest BCUT2D eigenvalue weighted by molar-refractivity contribution is 0.243. The highest BCUT2D eigenvalue weighted by Crippen LogP contribution is 2.17. The monoisotopic (exact) mass is 305 g/mol. The summed E-state index contributed by atoms with van der Waals surface area (Å²) >= 11 is 1.62. The second-order valence-electron chi connectivity index (χ2n) is 5.02. The molecular formula is C13H19N7S. The molecule has 1 saturated heterocycles. The van der Waals surface area contributed by atoms with E-state index in [-0.39, 0.29) is 0 Å². The fourth-order valence-corrected chi connectivity index (χ4v) is 2.73. The highest BCUT2D eigenvalue weighted by atomic mass is 32.2. The number of H-pyrrole nitrogens is 1. The molecular weight excluding hydrogens is 286 g/mol. The second-order valence-corrected chi connectivity index (χ2v) is 5.85. The average molecular weight is 305 g/mol. The third kappa shape index (κ3) is 3.51. The van der Waals surface area contributed by atoms with Gasteiger partial charge in [0.1, 0.15) is 16.7 Å². The van der Waals surface area contributed by atoms with Crippen molar-refractivity contribution in [3.05, 3.63) is 24.0 Å². The predicted molar refractivity (Wildman–Crippen MR) is 82.4 cm³/mol. The van der Waals surface area contributed by atoms with Gasteiger partial charge in [-0.2, -0.15) is 5.10 Å². The zero-order valence-electron chi connectivity index (χ0n) is 12.3. The van der Waals surface area contributed by atoms with E-state index in [0.717, 1.165) is 55.2 Å². The van der Waals surface area contributed by atoms with Crippen molar-refractivity contribution < 1.29 is 0 Å². The van der Waals surface area contributed by atoms with E-state index in [1.165, 1.54) is 0 Å². The first-order chi connectivity index (χ1) is 10.2. The summed E-state index contributed by atoms with van der Waals surface area (Å²) in [7, 11) is 0. The average Bonchev–Trinajstić information content (AvgIpc) is 2.93. The van der Waals surface area contributed by atoms with Crippen molar-refractivity contribution in [1.82, 2.24) is 30.0 Å². The maximum Gasteiger partial charge on any atom is 0.164 e. The number of hydrogen-bond acceptors (Lipinski definition) is 7. The van der Waals surface area contributed by atoms with E-state index in [2.05, 4.69) is 34.9 Å². The van der Waals surface area contributed by atoms with Gasteiger partial charge in [-0.15, -0.1) is 11.8 Å². The predicted octanol–water partition coefficient (Wildman–Crippen LogP) is 0.947. The fraction of sp³-hybridized carbons (Fsp3) is 0.538. The molecule has 2 aromatic rings. The van der Waals surface area contributed by atoms with Crippen molar-refractivity contribution in [3.63, 3.8) is 0 Å².